The fourth-order valence-electron chi connectivity index (χ4n) is 2.54. The van der Waals surface area contributed by atoms with Crippen LogP contribution in [0.3, 0.4) is 0 Å². The summed E-state index contributed by atoms with van der Waals surface area (Å²) in [7, 11) is -3.60. The van der Waals surface area contributed by atoms with Crippen molar-refractivity contribution in [3.8, 4) is 0 Å². The normalized spacial score (nSPS) is 20.2. The zero-order valence-corrected chi connectivity index (χ0v) is 12.4. The van der Waals surface area contributed by atoms with Crippen LogP contribution >= 0.6 is 0 Å². The number of hydrogen-bond donors (Lipinski definition) is 3. The molecular formula is C12H21N5O2S. The van der Waals surface area contributed by atoms with Gasteiger partial charge in [-0.1, -0.05) is 6.92 Å². The summed E-state index contributed by atoms with van der Waals surface area (Å²) in [4.78, 5) is 6.20. The minimum atomic E-state index is -3.60. The SMILES string of the molecule is CCN1CCCC1CNS(=O)(=O)c1cnccc1NN. The van der Waals surface area contributed by atoms with Gasteiger partial charge in [-0.25, -0.2) is 13.1 Å². The summed E-state index contributed by atoms with van der Waals surface area (Å²) in [6, 6.07) is 1.79. The number of hydrazine groups is 1. The Morgan fingerprint density at radius 2 is 2.35 bits per heavy atom. The maximum Gasteiger partial charge on any atom is 0.244 e. The third kappa shape index (κ3) is 3.26. The van der Waals surface area contributed by atoms with Crippen LogP contribution in [0.15, 0.2) is 23.4 Å². The maximum absolute atomic E-state index is 12.3. The van der Waals surface area contributed by atoms with Gasteiger partial charge in [0.25, 0.3) is 0 Å². The average Bonchev–Trinajstić information content (AvgIpc) is 2.92. The van der Waals surface area contributed by atoms with Gasteiger partial charge in [0.15, 0.2) is 0 Å². The lowest BCUT2D eigenvalue weighted by molar-refractivity contribution is 0.268. The highest BCUT2D eigenvalue weighted by Gasteiger charge is 2.26. The fraction of sp³-hybridized carbons (Fsp3) is 0.583. The molecule has 8 heteroatoms. The Morgan fingerprint density at radius 3 is 3.05 bits per heavy atom. The lowest BCUT2D eigenvalue weighted by atomic mass is 10.2. The molecule has 0 aromatic carbocycles. The summed E-state index contributed by atoms with van der Waals surface area (Å²) in [5.74, 6) is 5.33. The van der Waals surface area contributed by atoms with Gasteiger partial charge in [-0.3, -0.25) is 15.7 Å². The Labute approximate surface area is 119 Å². The molecule has 20 heavy (non-hydrogen) atoms. The van der Waals surface area contributed by atoms with Crippen LogP contribution in [0.4, 0.5) is 5.69 Å². The van der Waals surface area contributed by atoms with Crippen LogP contribution in [0.25, 0.3) is 0 Å². The number of nitrogens with zero attached hydrogens (tertiary/aromatic N) is 2. The number of hydrogen-bond acceptors (Lipinski definition) is 6. The summed E-state index contributed by atoms with van der Waals surface area (Å²) in [6.07, 6.45) is 4.92. The van der Waals surface area contributed by atoms with Crippen LogP contribution in [-0.4, -0.2) is 44.0 Å². The number of nitrogens with two attached hydrogens (primary N) is 1. The molecule has 2 rings (SSSR count). The molecule has 1 aliphatic heterocycles. The number of nitrogens with one attached hydrogen (secondary N) is 2. The monoisotopic (exact) mass is 299 g/mol. The number of rotatable bonds is 6. The molecule has 1 aromatic rings. The average molecular weight is 299 g/mol. The lowest BCUT2D eigenvalue weighted by Crippen LogP contribution is -2.40. The van der Waals surface area contributed by atoms with Gasteiger partial charge in [0.05, 0.1) is 5.69 Å². The van der Waals surface area contributed by atoms with E-state index in [1.54, 1.807) is 0 Å². The van der Waals surface area contributed by atoms with Crippen LogP contribution in [0.5, 0.6) is 0 Å². The Kier molecular flexibility index (Phi) is 4.92. The van der Waals surface area contributed by atoms with Gasteiger partial charge >= 0.3 is 0 Å². The molecule has 0 saturated carbocycles. The van der Waals surface area contributed by atoms with Gasteiger partial charge in [-0.15, -0.1) is 0 Å². The van der Waals surface area contributed by atoms with E-state index in [0.29, 0.717) is 12.2 Å². The van der Waals surface area contributed by atoms with Gasteiger partial charge in [0, 0.05) is 25.0 Å². The summed E-state index contributed by atoms with van der Waals surface area (Å²) < 4.78 is 27.2. The smallest absolute Gasteiger partial charge is 0.244 e. The van der Waals surface area contributed by atoms with Crippen LogP contribution < -0.4 is 16.0 Å². The van der Waals surface area contributed by atoms with Crippen LogP contribution in [-0.2, 0) is 10.0 Å². The molecule has 0 spiro atoms. The van der Waals surface area contributed by atoms with Crippen molar-refractivity contribution < 1.29 is 8.42 Å². The van der Waals surface area contributed by atoms with Crippen molar-refractivity contribution in [3.05, 3.63) is 18.5 Å². The summed E-state index contributed by atoms with van der Waals surface area (Å²) in [5.41, 5.74) is 2.72. The molecule has 1 unspecified atom stereocenters. The Morgan fingerprint density at radius 1 is 1.55 bits per heavy atom. The highest BCUT2D eigenvalue weighted by atomic mass is 32.2. The van der Waals surface area contributed by atoms with Crippen molar-refractivity contribution in [2.75, 3.05) is 25.1 Å². The third-order valence-corrected chi connectivity index (χ3v) is 5.09. The van der Waals surface area contributed by atoms with E-state index in [-0.39, 0.29) is 10.9 Å². The lowest BCUT2D eigenvalue weighted by Gasteiger charge is -2.23. The van der Waals surface area contributed by atoms with Crippen molar-refractivity contribution in [2.45, 2.75) is 30.7 Å². The molecule has 1 aliphatic rings. The molecule has 0 aliphatic carbocycles. The van der Waals surface area contributed by atoms with E-state index in [1.165, 1.54) is 18.5 Å². The standard InChI is InChI=1S/C12H21N5O2S/c1-2-17-7-3-4-10(17)8-15-20(18,19)12-9-14-6-5-11(12)16-13/h5-6,9-10,15H,2-4,7-8,13H2,1H3,(H,14,16). The first-order valence-electron chi connectivity index (χ1n) is 6.73. The topological polar surface area (TPSA) is 100 Å². The maximum atomic E-state index is 12.3. The zero-order chi connectivity index (χ0) is 14.6. The minimum Gasteiger partial charge on any atom is -0.323 e. The van der Waals surface area contributed by atoms with Crippen molar-refractivity contribution in [3.63, 3.8) is 0 Å². The first-order valence-corrected chi connectivity index (χ1v) is 8.21. The van der Waals surface area contributed by atoms with E-state index in [4.69, 9.17) is 5.84 Å². The molecule has 0 amide bonds. The van der Waals surface area contributed by atoms with Gasteiger partial charge in [-0.05, 0) is 32.0 Å². The number of anilines is 1. The third-order valence-electron chi connectivity index (χ3n) is 3.64. The van der Waals surface area contributed by atoms with Crippen molar-refractivity contribution in [1.29, 1.82) is 0 Å². The van der Waals surface area contributed by atoms with E-state index in [1.807, 2.05) is 0 Å². The summed E-state index contributed by atoms with van der Waals surface area (Å²) in [5, 5.41) is 0. The number of aromatic nitrogens is 1. The minimum absolute atomic E-state index is 0.0727. The van der Waals surface area contributed by atoms with Crippen LogP contribution in [0.2, 0.25) is 0 Å². The van der Waals surface area contributed by atoms with Crippen molar-refractivity contribution in [1.82, 2.24) is 14.6 Å². The van der Waals surface area contributed by atoms with E-state index >= 15 is 0 Å². The summed E-state index contributed by atoms with van der Waals surface area (Å²) >= 11 is 0. The summed E-state index contributed by atoms with van der Waals surface area (Å²) in [6.45, 7) is 4.47. The first kappa shape index (κ1) is 15.2. The largest absolute Gasteiger partial charge is 0.323 e. The number of sulfonamides is 1. The molecule has 112 valence electrons. The molecular weight excluding hydrogens is 278 g/mol. The Bertz CT molecular complexity index is 549. The molecule has 4 N–H and O–H groups in total. The number of likely N-dealkylation sites (tertiary alicyclic amines) is 1. The number of likely N-dealkylation sites (N-methyl/N-ethyl adjacent to an activating group) is 1. The molecule has 1 fully saturated rings. The van der Waals surface area contributed by atoms with E-state index in [2.05, 4.69) is 27.0 Å². The quantitative estimate of drug-likeness (QED) is 0.510. The molecule has 1 saturated heterocycles. The predicted octanol–water partition coefficient (Wildman–Crippen LogP) is 0.130. The molecule has 0 bridgehead atoms. The molecule has 7 nitrogen and oxygen atoms in total. The Hall–Kier alpha value is -1.22. The van der Waals surface area contributed by atoms with E-state index in [9.17, 15) is 8.42 Å². The van der Waals surface area contributed by atoms with Gasteiger partial charge in [0.2, 0.25) is 10.0 Å². The highest BCUT2D eigenvalue weighted by Crippen LogP contribution is 2.20. The molecule has 1 atom stereocenters. The fourth-order valence-corrected chi connectivity index (χ4v) is 3.72. The second-order valence-electron chi connectivity index (χ2n) is 4.79. The van der Waals surface area contributed by atoms with Crippen molar-refractivity contribution in [2.24, 2.45) is 5.84 Å². The Balaban J connectivity index is 2.08. The second-order valence-corrected chi connectivity index (χ2v) is 6.53. The molecule has 2 heterocycles. The predicted molar refractivity (Wildman–Crippen MR) is 77.5 cm³/mol. The highest BCUT2D eigenvalue weighted by molar-refractivity contribution is 7.89. The number of pyridine rings is 1. The van der Waals surface area contributed by atoms with Crippen LogP contribution in [0.1, 0.15) is 19.8 Å². The van der Waals surface area contributed by atoms with Crippen molar-refractivity contribution >= 4 is 15.7 Å². The van der Waals surface area contributed by atoms with Gasteiger partial charge in [-0.2, -0.15) is 0 Å². The zero-order valence-electron chi connectivity index (χ0n) is 11.5. The van der Waals surface area contributed by atoms with Gasteiger partial charge < -0.3 is 5.43 Å². The molecule has 0 radical (unpaired) electrons. The second kappa shape index (κ2) is 6.49. The van der Waals surface area contributed by atoms with E-state index in [0.717, 1.165) is 25.9 Å². The number of nitrogen functional groups attached to an aromatic ring is 1. The first-order chi connectivity index (χ1) is 9.58. The molecule has 1 aromatic heterocycles. The van der Waals surface area contributed by atoms with Gasteiger partial charge in [0.1, 0.15) is 4.90 Å². The van der Waals surface area contributed by atoms with E-state index < -0.39 is 10.0 Å². The van der Waals surface area contributed by atoms with Crippen LogP contribution in [0, 0.1) is 0 Å².